The summed E-state index contributed by atoms with van der Waals surface area (Å²) in [5, 5.41) is 3.48. The molecule has 5 nitrogen and oxygen atoms in total. The zero-order valence-electron chi connectivity index (χ0n) is 13.1. The summed E-state index contributed by atoms with van der Waals surface area (Å²) in [6, 6.07) is 6.01. The van der Waals surface area contributed by atoms with E-state index in [-0.39, 0.29) is 18.3 Å². The van der Waals surface area contributed by atoms with Crippen molar-refractivity contribution in [3.05, 3.63) is 58.7 Å². The third-order valence-corrected chi connectivity index (χ3v) is 3.69. The lowest BCUT2D eigenvalue weighted by molar-refractivity contribution is 0.0946. The first-order valence-corrected chi connectivity index (χ1v) is 7.22. The number of fused-ring (bicyclic) bond motifs is 1. The third-order valence-electron chi connectivity index (χ3n) is 3.69. The molecule has 6 heteroatoms. The molecule has 2 heterocycles. The lowest BCUT2D eigenvalue weighted by Gasteiger charge is -2.07. The number of nitrogens with zero attached hydrogens (tertiary/aromatic N) is 2. The molecule has 1 aromatic carbocycles. The molecule has 0 atom stereocenters. The Balaban J connectivity index is 1.82. The van der Waals surface area contributed by atoms with Gasteiger partial charge in [0.2, 0.25) is 5.89 Å². The predicted molar refractivity (Wildman–Crippen MR) is 83.6 cm³/mol. The van der Waals surface area contributed by atoms with Crippen molar-refractivity contribution < 1.29 is 13.6 Å². The number of aromatic nitrogens is 2. The molecule has 0 saturated carbocycles. The normalized spacial score (nSPS) is 11.0. The van der Waals surface area contributed by atoms with E-state index in [0.717, 1.165) is 11.5 Å². The van der Waals surface area contributed by atoms with E-state index in [1.165, 1.54) is 12.1 Å². The summed E-state index contributed by atoms with van der Waals surface area (Å²) < 4.78 is 18.7. The summed E-state index contributed by atoms with van der Waals surface area (Å²) in [7, 11) is 0. The van der Waals surface area contributed by atoms with Crippen molar-refractivity contribution >= 4 is 16.8 Å². The van der Waals surface area contributed by atoms with Gasteiger partial charge in [-0.3, -0.25) is 9.78 Å². The van der Waals surface area contributed by atoms with E-state index in [9.17, 15) is 9.18 Å². The van der Waals surface area contributed by atoms with Gasteiger partial charge in [-0.2, -0.15) is 0 Å². The fourth-order valence-electron chi connectivity index (χ4n) is 2.33. The Bertz CT molecular complexity index is 883. The maximum atomic E-state index is 13.2. The Morgan fingerprint density at radius 2 is 1.96 bits per heavy atom. The van der Waals surface area contributed by atoms with Crippen molar-refractivity contribution in [2.45, 2.75) is 27.3 Å². The second-order valence-corrected chi connectivity index (χ2v) is 5.39. The first-order chi connectivity index (χ1) is 10.9. The van der Waals surface area contributed by atoms with E-state index in [4.69, 9.17) is 4.42 Å². The molecule has 118 valence electrons. The van der Waals surface area contributed by atoms with Crippen molar-refractivity contribution in [2.75, 3.05) is 0 Å². The summed E-state index contributed by atoms with van der Waals surface area (Å²) in [6.45, 7) is 5.60. The average Bonchev–Trinajstić information content (AvgIpc) is 2.82. The van der Waals surface area contributed by atoms with Gasteiger partial charge in [-0.05, 0) is 39.0 Å². The molecule has 3 aromatic rings. The van der Waals surface area contributed by atoms with Crippen LogP contribution in [0.25, 0.3) is 10.9 Å². The van der Waals surface area contributed by atoms with Crippen molar-refractivity contribution in [2.24, 2.45) is 0 Å². The molecular formula is C17H16FN3O2. The van der Waals surface area contributed by atoms with E-state index < -0.39 is 0 Å². The molecule has 1 N–H and O–H groups in total. The summed E-state index contributed by atoms with van der Waals surface area (Å²) in [5.74, 6) is 0.576. The Hall–Kier alpha value is -2.76. The number of pyridine rings is 1. The Morgan fingerprint density at radius 3 is 2.65 bits per heavy atom. The number of benzene rings is 1. The smallest absolute Gasteiger partial charge is 0.253 e. The van der Waals surface area contributed by atoms with Crippen LogP contribution >= 0.6 is 0 Å². The fourth-order valence-corrected chi connectivity index (χ4v) is 2.33. The van der Waals surface area contributed by atoms with Gasteiger partial charge in [-0.25, -0.2) is 9.37 Å². The quantitative estimate of drug-likeness (QED) is 0.806. The summed E-state index contributed by atoms with van der Waals surface area (Å²) in [5.41, 5.74) is 2.32. The van der Waals surface area contributed by atoms with Gasteiger partial charge in [0.15, 0.2) is 0 Å². The van der Waals surface area contributed by atoms with Gasteiger partial charge in [-0.15, -0.1) is 0 Å². The van der Waals surface area contributed by atoms with E-state index in [1.807, 2.05) is 13.8 Å². The van der Waals surface area contributed by atoms with Crippen LogP contribution in [0.15, 0.2) is 28.7 Å². The number of aryl methyl sites for hydroxylation is 3. The second kappa shape index (κ2) is 5.79. The van der Waals surface area contributed by atoms with Crippen LogP contribution in [-0.2, 0) is 6.54 Å². The zero-order chi connectivity index (χ0) is 16.6. The standard InChI is InChI=1S/C17H16FN3O2/c1-9-11(3)23-16(21-9)8-19-17(22)14-6-12-4-5-13(18)7-15(12)20-10(14)2/h4-7H,8H2,1-3H3,(H,19,22). The van der Waals surface area contributed by atoms with Gasteiger partial charge in [0.1, 0.15) is 11.6 Å². The highest BCUT2D eigenvalue weighted by atomic mass is 19.1. The van der Waals surface area contributed by atoms with Crippen LogP contribution in [0.1, 0.15) is 33.4 Å². The lowest BCUT2D eigenvalue weighted by atomic mass is 10.1. The van der Waals surface area contributed by atoms with Crippen molar-refractivity contribution in [1.29, 1.82) is 0 Å². The van der Waals surface area contributed by atoms with Gasteiger partial charge in [0.05, 0.1) is 29.0 Å². The maximum Gasteiger partial charge on any atom is 0.253 e. The fraction of sp³-hybridized carbons (Fsp3) is 0.235. The molecule has 0 fully saturated rings. The second-order valence-electron chi connectivity index (χ2n) is 5.39. The van der Waals surface area contributed by atoms with Crippen LogP contribution in [0.3, 0.4) is 0 Å². The van der Waals surface area contributed by atoms with Gasteiger partial charge in [-0.1, -0.05) is 0 Å². The number of hydrogen-bond acceptors (Lipinski definition) is 4. The molecule has 2 aromatic heterocycles. The van der Waals surface area contributed by atoms with Crippen LogP contribution in [0.4, 0.5) is 4.39 Å². The Morgan fingerprint density at radius 1 is 1.17 bits per heavy atom. The molecule has 0 unspecified atom stereocenters. The molecule has 0 radical (unpaired) electrons. The molecule has 0 aliphatic carbocycles. The van der Waals surface area contributed by atoms with Crippen LogP contribution < -0.4 is 5.32 Å². The van der Waals surface area contributed by atoms with E-state index >= 15 is 0 Å². The molecule has 3 rings (SSSR count). The predicted octanol–water partition coefficient (Wildman–Crippen LogP) is 3.22. The Labute approximate surface area is 132 Å². The van der Waals surface area contributed by atoms with E-state index in [0.29, 0.717) is 28.1 Å². The SMILES string of the molecule is Cc1nc2cc(F)ccc2cc1C(=O)NCc1nc(C)c(C)o1. The molecule has 0 spiro atoms. The van der Waals surface area contributed by atoms with E-state index in [1.54, 1.807) is 19.1 Å². The van der Waals surface area contributed by atoms with Gasteiger partial charge in [0.25, 0.3) is 5.91 Å². The number of halogens is 1. The zero-order valence-corrected chi connectivity index (χ0v) is 13.1. The molecule has 1 amide bonds. The molecule has 0 aliphatic rings. The minimum atomic E-state index is -0.351. The van der Waals surface area contributed by atoms with E-state index in [2.05, 4.69) is 15.3 Å². The molecule has 0 aliphatic heterocycles. The number of hydrogen-bond donors (Lipinski definition) is 1. The first kappa shape index (κ1) is 15.1. The maximum absolute atomic E-state index is 13.2. The topological polar surface area (TPSA) is 68.0 Å². The molecular weight excluding hydrogens is 297 g/mol. The molecule has 0 saturated heterocycles. The van der Waals surface area contributed by atoms with Gasteiger partial charge in [0, 0.05) is 11.5 Å². The number of carbonyl (C=O) groups excluding carboxylic acids is 1. The summed E-state index contributed by atoms with van der Waals surface area (Å²) >= 11 is 0. The van der Waals surface area contributed by atoms with Crippen LogP contribution in [0.5, 0.6) is 0 Å². The lowest BCUT2D eigenvalue weighted by Crippen LogP contribution is -2.24. The molecule has 23 heavy (non-hydrogen) atoms. The monoisotopic (exact) mass is 313 g/mol. The summed E-state index contributed by atoms with van der Waals surface area (Å²) in [6.07, 6.45) is 0. The first-order valence-electron chi connectivity index (χ1n) is 7.22. The average molecular weight is 313 g/mol. The van der Waals surface area contributed by atoms with Crippen LogP contribution in [0.2, 0.25) is 0 Å². The largest absolute Gasteiger partial charge is 0.444 e. The highest BCUT2D eigenvalue weighted by Crippen LogP contribution is 2.18. The number of carbonyl (C=O) groups is 1. The van der Waals surface area contributed by atoms with Crippen LogP contribution in [0, 0.1) is 26.6 Å². The minimum Gasteiger partial charge on any atom is -0.444 e. The number of rotatable bonds is 3. The van der Waals surface area contributed by atoms with Gasteiger partial charge < -0.3 is 9.73 Å². The van der Waals surface area contributed by atoms with Crippen molar-refractivity contribution in [3.63, 3.8) is 0 Å². The van der Waals surface area contributed by atoms with Crippen LogP contribution in [-0.4, -0.2) is 15.9 Å². The number of oxazole rings is 1. The minimum absolute atomic E-state index is 0.203. The Kier molecular flexibility index (Phi) is 3.82. The van der Waals surface area contributed by atoms with Gasteiger partial charge >= 0.3 is 0 Å². The highest BCUT2D eigenvalue weighted by Gasteiger charge is 2.13. The highest BCUT2D eigenvalue weighted by molar-refractivity contribution is 5.98. The third kappa shape index (κ3) is 3.06. The number of nitrogens with one attached hydrogen (secondary N) is 1. The summed E-state index contributed by atoms with van der Waals surface area (Å²) in [4.78, 5) is 20.9. The van der Waals surface area contributed by atoms with Crippen molar-refractivity contribution in [1.82, 2.24) is 15.3 Å². The van der Waals surface area contributed by atoms with Crippen molar-refractivity contribution in [3.8, 4) is 0 Å². The number of amides is 1. The molecule has 0 bridgehead atoms.